The molecule has 1 aromatic carbocycles. The monoisotopic (exact) mass is 280 g/mol. The molecule has 0 atom stereocenters. The van der Waals surface area contributed by atoms with Crippen LogP contribution in [0.3, 0.4) is 0 Å². The zero-order valence-electron chi connectivity index (χ0n) is 10.8. The molecule has 102 valence electrons. The first-order valence-corrected chi connectivity index (χ1v) is 7.23. The number of rotatable bonds is 4. The molecule has 7 heteroatoms. The van der Waals surface area contributed by atoms with Crippen molar-refractivity contribution >= 4 is 15.7 Å². The molecule has 2 rings (SSSR count). The topological polar surface area (TPSA) is 101 Å². The van der Waals surface area contributed by atoms with Crippen LogP contribution >= 0.6 is 0 Å². The van der Waals surface area contributed by atoms with Crippen molar-refractivity contribution in [2.45, 2.75) is 25.3 Å². The van der Waals surface area contributed by atoms with Gasteiger partial charge in [-0.15, -0.1) is 0 Å². The normalized spacial score (nSPS) is 11.7. The molecule has 0 aliphatic carbocycles. The maximum absolute atomic E-state index is 12.2. The van der Waals surface area contributed by atoms with Crippen LogP contribution < -0.4 is 10.5 Å². The van der Waals surface area contributed by atoms with Gasteiger partial charge in [0.1, 0.15) is 4.90 Å². The number of hydrogen-bond acceptors (Lipinski definition) is 4. The van der Waals surface area contributed by atoms with Gasteiger partial charge in [0.15, 0.2) is 0 Å². The summed E-state index contributed by atoms with van der Waals surface area (Å²) in [4.78, 5) is 0.107. The number of anilines is 1. The number of H-pyrrole nitrogens is 1. The Hall–Kier alpha value is -1.86. The van der Waals surface area contributed by atoms with Crippen LogP contribution in [0.5, 0.6) is 0 Å². The fraction of sp³-hybridized carbons (Fsp3) is 0.250. The molecule has 0 unspecified atom stereocenters. The van der Waals surface area contributed by atoms with Gasteiger partial charge in [0.2, 0.25) is 10.0 Å². The molecule has 1 heterocycles. The quantitative estimate of drug-likeness (QED) is 0.730. The van der Waals surface area contributed by atoms with Gasteiger partial charge < -0.3 is 5.73 Å². The average Bonchev–Trinajstić information content (AvgIpc) is 2.84. The van der Waals surface area contributed by atoms with Gasteiger partial charge in [-0.2, -0.15) is 5.10 Å². The smallest absolute Gasteiger partial charge is 0.242 e. The highest BCUT2D eigenvalue weighted by molar-refractivity contribution is 7.89. The highest BCUT2D eigenvalue weighted by Crippen LogP contribution is 2.22. The van der Waals surface area contributed by atoms with Gasteiger partial charge in [-0.25, -0.2) is 13.1 Å². The predicted octanol–water partition coefficient (Wildman–Crippen LogP) is 1.09. The minimum absolute atomic E-state index is 0.107. The van der Waals surface area contributed by atoms with Gasteiger partial charge in [0.05, 0.1) is 17.9 Å². The third kappa shape index (κ3) is 2.94. The lowest BCUT2D eigenvalue weighted by atomic mass is 10.1. The second-order valence-corrected chi connectivity index (χ2v) is 6.12. The van der Waals surface area contributed by atoms with Gasteiger partial charge >= 0.3 is 0 Å². The summed E-state index contributed by atoms with van der Waals surface area (Å²) in [7, 11) is -3.63. The predicted molar refractivity (Wildman–Crippen MR) is 72.9 cm³/mol. The molecule has 0 radical (unpaired) electrons. The molecular weight excluding hydrogens is 264 g/mol. The fourth-order valence-electron chi connectivity index (χ4n) is 1.68. The van der Waals surface area contributed by atoms with E-state index < -0.39 is 10.0 Å². The number of aromatic amines is 1. The molecule has 0 amide bonds. The molecule has 19 heavy (non-hydrogen) atoms. The van der Waals surface area contributed by atoms with Crippen molar-refractivity contribution in [3.63, 3.8) is 0 Å². The third-order valence-corrected chi connectivity index (χ3v) is 4.38. The molecule has 0 fully saturated rings. The standard InChI is InChI=1S/C12H16N4O2S/c1-8-5-11(13)12(6-9(8)2)19(17,18)15-7-10-3-4-14-16-10/h3-6,15H,7,13H2,1-2H3,(H,14,16). The Kier molecular flexibility index (Phi) is 3.59. The Morgan fingerprint density at radius 1 is 1.32 bits per heavy atom. The van der Waals surface area contributed by atoms with Gasteiger partial charge in [-0.1, -0.05) is 0 Å². The van der Waals surface area contributed by atoms with Crippen molar-refractivity contribution in [3.8, 4) is 0 Å². The summed E-state index contributed by atoms with van der Waals surface area (Å²) in [6.45, 7) is 3.89. The average molecular weight is 280 g/mol. The van der Waals surface area contributed by atoms with E-state index in [1.165, 1.54) is 0 Å². The Bertz CT molecular complexity index is 678. The maximum atomic E-state index is 12.2. The fourth-order valence-corrected chi connectivity index (χ4v) is 2.88. The number of nitrogens with zero attached hydrogens (tertiary/aromatic N) is 1. The number of sulfonamides is 1. The van der Waals surface area contributed by atoms with E-state index in [1.807, 2.05) is 13.8 Å². The van der Waals surface area contributed by atoms with Crippen molar-refractivity contribution in [2.24, 2.45) is 0 Å². The number of nitrogens with two attached hydrogens (primary N) is 1. The molecule has 0 saturated heterocycles. The van der Waals surface area contributed by atoms with Crippen LogP contribution in [0.2, 0.25) is 0 Å². The second kappa shape index (κ2) is 5.02. The highest BCUT2D eigenvalue weighted by atomic mass is 32.2. The van der Waals surface area contributed by atoms with Gasteiger partial charge in [0, 0.05) is 6.20 Å². The van der Waals surface area contributed by atoms with Crippen LogP contribution in [0.15, 0.2) is 29.3 Å². The van der Waals surface area contributed by atoms with Crippen molar-refractivity contribution in [1.82, 2.24) is 14.9 Å². The summed E-state index contributed by atoms with van der Waals surface area (Å²) in [5.74, 6) is 0. The molecule has 2 aromatic rings. The van der Waals surface area contributed by atoms with Crippen molar-refractivity contribution in [1.29, 1.82) is 0 Å². The van der Waals surface area contributed by atoms with Crippen LogP contribution in [0, 0.1) is 13.8 Å². The van der Waals surface area contributed by atoms with Gasteiger partial charge in [-0.3, -0.25) is 5.10 Å². The van der Waals surface area contributed by atoms with E-state index in [2.05, 4.69) is 14.9 Å². The first kappa shape index (κ1) is 13.6. The Labute approximate surface area is 112 Å². The lowest BCUT2D eigenvalue weighted by molar-refractivity contribution is 0.580. The zero-order chi connectivity index (χ0) is 14.0. The van der Waals surface area contributed by atoms with E-state index in [-0.39, 0.29) is 17.1 Å². The van der Waals surface area contributed by atoms with E-state index >= 15 is 0 Å². The number of aryl methyl sites for hydroxylation is 2. The van der Waals surface area contributed by atoms with Gasteiger partial charge in [0.25, 0.3) is 0 Å². The molecule has 4 N–H and O–H groups in total. The van der Waals surface area contributed by atoms with E-state index in [9.17, 15) is 8.42 Å². The molecule has 1 aromatic heterocycles. The van der Waals surface area contributed by atoms with E-state index in [1.54, 1.807) is 24.4 Å². The SMILES string of the molecule is Cc1cc(N)c(S(=O)(=O)NCc2ccn[nH]2)cc1C. The summed E-state index contributed by atoms with van der Waals surface area (Å²) in [6, 6.07) is 4.95. The Morgan fingerprint density at radius 2 is 2.00 bits per heavy atom. The van der Waals surface area contributed by atoms with Gasteiger partial charge in [-0.05, 0) is 43.2 Å². The maximum Gasteiger partial charge on any atom is 0.242 e. The van der Waals surface area contributed by atoms with Crippen molar-refractivity contribution in [3.05, 3.63) is 41.2 Å². The lowest BCUT2D eigenvalue weighted by Gasteiger charge is -2.11. The van der Waals surface area contributed by atoms with E-state index in [4.69, 9.17) is 5.73 Å². The largest absolute Gasteiger partial charge is 0.398 e. The Morgan fingerprint density at radius 3 is 2.63 bits per heavy atom. The third-order valence-electron chi connectivity index (χ3n) is 2.93. The number of benzene rings is 1. The second-order valence-electron chi connectivity index (χ2n) is 4.38. The minimum Gasteiger partial charge on any atom is -0.398 e. The molecular formula is C12H16N4O2S. The summed E-state index contributed by atoms with van der Waals surface area (Å²) < 4.78 is 26.9. The molecule has 0 aliphatic rings. The minimum atomic E-state index is -3.63. The number of hydrogen-bond donors (Lipinski definition) is 3. The Balaban J connectivity index is 2.27. The number of nitrogens with one attached hydrogen (secondary N) is 2. The number of nitrogen functional groups attached to an aromatic ring is 1. The molecule has 0 bridgehead atoms. The van der Waals surface area contributed by atoms with Crippen molar-refractivity contribution in [2.75, 3.05) is 5.73 Å². The molecule has 0 spiro atoms. The van der Waals surface area contributed by atoms with Crippen LogP contribution in [-0.2, 0) is 16.6 Å². The molecule has 6 nitrogen and oxygen atoms in total. The van der Waals surface area contributed by atoms with Crippen LogP contribution in [0.25, 0.3) is 0 Å². The summed E-state index contributed by atoms with van der Waals surface area (Å²) in [5, 5.41) is 6.44. The summed E-state index contributed by atoms with van der Waals surface area (Å²) >= 11 is 0. The molecule has 0 aliphatic heterocycles. The first-order chi connectivity index (χ1) is 8.90. The lowest BCUT2D eigenvalue weighted by Crippen LogP contribution is -2.24. The van der Waals surface area contributed by atoms with Crippen LogP contribution in [-0.4, -0.2) is 18.6 Å². The van der Waals surface area contributed by atoms with E-state index in [0.717, 1.165) is 11.1 Å². The zero-order valence-corrected chi connectivity index (χ0v) is 11.6. The van der Waals surface area contributed by atoms with E-state index in [0.29, 0.717) is 5.69 Å². The van der Waals surface area contributed by atoms with Crippen molar-refractivity contribution < 1.29 is 8.42 Å². The van der Waals surface area contributed by atoms with Crippen LogP contribution in [0.4, 0.5) is 5.69 Å². The summed E-state index contributed by atoms with van der Waals surface area (Å²) in [5.41, 5.74) is 8.57. The number of aromatic nitrogens is 2. The summed E-state index contributed by atoms with van der Waals surface area (Å²) in [6.07, 6.45) is 1.56. The highest BCUT2D eigenvalue weighted by Gasteiger charge is 2.18. The molecule has 0 saturated carbocycles. The van der Waals surface area contributed by atoms with Crippen LogP contribution in [0.1, 0.15) is 16.8 Å². The first-order valence-electron chi connectivity index (χ1n) is 5.75.